The normalized spacial score (nSPS) is 9.94. The third-order valence-electron chi connectivity index (χ3n) is 1.85. The molecule has 6 heteroatoms. The van der Waals surface area contributed by atoms with Crippen LogP contribution >= 0.6 is 0 Å². The monoisotopic (exact) mass is 227 g/mol. The number of methoxy groups -OCH3 is 1. The summed E-state index contributed by atoms with van der Waals surface area (Å²) in [6, 6.07) is 0. The molecule has 0 aliphatic heterocycles. The van der Waals surface area contributed by atoms with E-state index < -0.39 is 0 Å². The zero-order chi connectivity index (χ0) is 11.8. The summed E-state index contributed by atoms with van der Waals surface area (Å²) in [7, 11) is 1.53. The standard InChI is InChI=1S/C10H17N3O3/c1-3-4-11-9-8(15-2)10(13-7-12-9)16-6-5-14/h7,14H,3-6H2,1-2H3,(H,11,12,13). The minimum absolute atomic E-state index is 0.0646. The lowest BCUT2D eigenvalue weighted by molar-refractivity contribution is 0.191. The molecule has 0 spiro atoms. The molecule has 1 heterocycles. The number of ether oxygens (including phenoxy) is 2. The van der Waals surface area contributed by atoms with E-state index in [0.717, 1.165) is 13.0 Å². The summed E-state index contributed by atoms with van der Waals surface area (Å²) in [6.07, 6.45) is 2.38. The molecule has 1 aromatic heterocycles. The molecule has 0 aliphatic carbocycles. The van der Waals surface area contributed by atoms with Crippen LogP contribution in [0.2, 0.25) is 0 Å². The van der Waals surface area contributed by atoms with Gasteiger partial charge in [-0.25, -0.2) is 4.98 Å². The summed E-state index contributed by atoms with van der Waals surface area (Å²) >= 11 is 0. The highest BCUT2D eigenvalue weighted by atomic mass is 16.5. The first kappa shape index (κ1) is 12.5. The largest absolute Gasteiger partial charge is 0.489 e. The second-order valence-electron chi connectivity index (χ2n) is 3.06. The van der Waals surface area contributed by atoms with Gasteiger partial charge in [-0.05, 0) is 6.42 Å². The van der Waals surface area contributed by atoms with Gasteiger partial charge in [-0.15, -0.1) is 0 Å². The maximum absolute atomic E-state index is 8.68. The number of rotatable bonds is 7. The molecule has 0 saturated carbocycles. The van der Waals surface area contributed by atoms with Gasteiger partial charge in [0.1, 0.15) is 12.9 Å². The molecule has 0 bridgehead atoms. The Bertz CT molecular complexity index is 294. The van der Waals surface area contributed by atoms with Gasteiger partial charge in [0.2, 0.25) is 5.75 Å². The quantitative estimate of drug-likeness (QED) is 0.713. The Hall–Kier alpha value is -1.56. The van der Waals surface area contributed by atoms with E-state index in [1.165, 1.54) is 13.4 Å². The van der Waals surface area contributed by atoms with E-state index in [-0.39, 0.29) is 13.2 Å². The molecule has 0 aliphatic rings. The van der Waals surface area contributed by atoms with E-state index in [2.05, 4.69) is 22.2 Å². The second-order valence-corrected chi connectivity index (χ2v) is 3.06. The third-order valence-corrected chi connectivity index (χ3v) is 1.85. The van der Waals surface area contributed by atoms with E-state index >= 15 is 0 Å². The van der Waals surface area contributed by atoms with Crippen LogP contribution in [0, 0.1) is 0 Å². The van der Waals surface area contributed by atoms with Crippen LogP contribution in [0.15, 0.2) is 6.33 Å². The molecule has 6 nitrogen and oxygen atoms in total. The Kier molecular flexibility index (Phi) is 5.35. The van der Waals surface area contributed by atoms with E-state index in [1.807, 2.05) is 0 Å². The molecular weight excluding hydrogens is 210 g/mol. The van der Waals surface area contributed by atoms with Gasteiger partial charge < -0.3 is 19.9 Å². The van der Waals surface area contributed by atoms with Crippen LogP contribution in [0.1, 0.15) is 13.3 Å². The smallest absolute Gasteiger partial charge is 0.262 e. The van der Waals surface area contributed by atoms with Gasteiger partial charge in [-0.1, -0.05) is 6.92 Å². The van der Waals surface area contributed by atoms with Gasteiger partial charge >= 0.3 is 0 Å². The molecule has 0 saturated heterocycles. The zero-order valence-electron chi connectivity index (χ0n) is 9.56. The van der Waals surface area contributed by atoms with Crippen LogP contribution in [0.25, 0.3) is 0 Å². The molecule has 0 amide bonds. The second kappa shape index (κ2) is 6.84. The summed E-state index contributed by atoms with van der Waals surface area (Å²) < 4.78 is 10.4. The predicted octanol–water partition coefficient (Wildman–Crippen LogP) is 0.678. The van der Waals surface area contributed by atoms with Crippen molar-refractivity contribution in [2.24, 2.45) is 0 Å². The minimum atomic E-state index is -0.0646. The van der Waals surface area contributed by atoms with E-state index in [4.69, 9.17) is 14.6 Å². The number of aromatic nitrogens is 2. The van der Waals surface area contributed by atoms with Crippen molar-refractivity contribution in [1.82, 2.24) is 9.97 Å². The predicted molar refractivity (Wildman–Crippen MR) is 59.9 cm³/mol. The van der Waals surface area contributed by atoms with Gasteiger partial charge in [0.05, 0.1) is 13.7 Å². The van der Waals surface area contributed by atoms with Crippen LogP contribution in [-0.4, -0.2) is 41.9 Å². The highest BCUT2D eigenvalue weighted by Crippen LogP contribution is 2.30. The summed E-state index contributed by atoms with van der Waals surface area (Å²) in [5.41, 5.74) is 0. The molecule has 1 aromatic rings. The minimum Gasteiger partial charge on any atom is -0.489 e. The summed E-state index contributed by atoms with van der Waals surface area (Å²) in [6.45, 7) is 2.97. The first-order valence-electron chi connectivity index (χ1n) is 5.20. The molecule has 90 valence electrons. The van der Waals surface area contributed by atoms with Gasteiger partial charge in [0, 0.05) is 6.54 Å². The Morgan fingerprint density at radius 1 is 1.44 bits per heavy atom. The van der Waals surface area contributed by atoms with Crippen LogP contribution in [0.3, 0.4) is 0 Å². The number of nitrogens with one attached hydrogen (secondary N) is 1. The molecule has 0 radical (unpaired) electrons. The van der Waals surface area contributed by atoms with Crippen molar-refractivity contribution in [3.8, 4) is 11.6 Å². The molecule has 2 N–H and O–H groups in total. The van der Waals surface area contributed by atoms with Crippen molar-refractivity contribution >= 4 is 5.82 Å². The average molecular weight is 227 g/mol. The number of aliphatic hydroxyl groups excluding tert-OH is 1. The van der Waals surface area contributed by atoms with Crippen LogP contribution in [0.5, 0.6) is 11.6 Å². The van der Waals surface area contributed by atoms with Gasteiger partial charge in [0.25, 0.3) is 5.88 Å². The lowest BCUT2D eigenvalue weighted by Gasteiger charge is -2.12. The van der Waals surface area contributed by atoms with E-state index in [9.17, 15) is 0 Å². The first-order chi connectivity index (χ1) is 7.83. The fraction of sp³-hybridized carbons (Fsp3) is 0.600. The van der Waals surface area contributed by atoms with E-state index in [1.54, 1.807) is 0 Å². The Morgan fingerprint density at radius 3 is 2.88 bits per heavy atom. The SMILES string of the molecule is CCCNc1ncnc(OCCO)c1OC. The molecule has 0 fully saturated rings. The van der Waals surface area contributed by atoms with Crippen LogP contribution < -0.4 is 14.8 Å². The van der Waals surface area contributed by atoms with Crippen molar-refractivity contribution in [3.63, 3.8) is 0 Å². The summed E-state index contributed by atoms with van der Waals surface area (Å²) in [5.74, 6) is 1.40. The molecule has 1 rings (SSSR count). The Labute approximate surface area is 94.6 Å². The lowest BCUT2D eigenvalue weighted by Crippen LogP contribution is -2.09. The van der Waals surface area contributed by atoms with Gasteiger partial charge in [-0.3, -0.25) is 0 Å². The average Bonchev–Trinajstić information content (AvgIpc) is 2.33. The number of hydrogen-bond donors (Lipinski definition) is 2. The van der Waals surface area contributed by atoms with Crippen LogP contribution in [0.4, 0.5) is 5.82 Å². The topological polar surface area (TPSA) is 76.5 Å². The molecular formula is C10H17N3O3. The lowest BCUT2D eigenvalue weighted by atomic mass is 10.4. The highest BCUT2D eigenvalue weighted by molar-refractivity contribution is 5.54. The maximum Gasteiger partial charge on any atom is 0.262 e. The fourth-order valence-electron chi connectivity index (χ4n) is 1.16. The third kappa shape index (κ3) is 3.23. The number of aliphatic hydroxyl groups is 1. The fourth-order valence-corrected chi connectivity index (χ4v) is 1.16. The van der Waals surface area contributed by atoms with Gasteiger partial charge in [0.15, 0.2) is 5.82 Å². The number of hydrogen-bond acceptors (Lipinski definition) is 6. The molecule has 16 heavy (non-hydrogen) atoms. The Balaban J connectivity index is 2.82. The first-order valence-corrected chi connectivity index (χ1v) is 5.20. The number of anilines is 1. The Morgan fingerprint density at radius 2 is 2.25 bits per heavy atom. The summed E-state index contributed by atoms with van der Waals surface area (Å²) in [5, 5.41) is 11.8. The van der Waals surface area contributed by atoms with Crippen molar-refractivity contribution < 1.29 is 14.6 Å². The molecule has 0 unspecified atom stereocenters. The van der Waals surface area contributed by atoms with E-state index in [0.29, 0.717) is 17.4 Å². The van der Waals surface area contributed by atoms with Crippen molar-refractivity contribution in [2.75, 3.05) is 32.2 Å². The zero-order valence-corrected chi connectivity index (χ0v) is 9.56. The van der Waals surface area contributed by atoms with Crippen molar-refractivity contribution in [1.29, 1.82) is 0 Å². The van der Waals surface area contributed by atoms with Crippen molar-refractivity contribution in [3.05, 3.63) is 6.33 Å². The van der Waals surface area contributed by atoms with Crippen LogP contribution in [-0.2, 0) is 0 Å². The number of nitrogens with zero attached hydrogens (tertiary/aromatic N) is 2. The maximum atomic E-state index is 8.68. The molecule has 0 atom stereocenters. The molecule has 0 aromatic carbocycles. The van der Waals surface area contributed by atoms with Gasteiger partial charge in [-0.2, -0.15) is 4.98 Å². The van der Waals surface area contributed by atoms with Crippen molar-refractivity contribution in [2.45, 2.75) is 13.3 Å². The highest BCUT2D eigenvalue weighted by Gasteiger charge is 2.12. The summed E-state index contributed by atoms with van der Waals surface area (Å²) in [4.78, 5) is 8.01.